The quantitative estimate of drug-likeness (QED) is 0.414. The number of hydrogen-bond acceptors (Lipinski definition) is 7. The van der Waals surface area contributed by atoms with Crippen LogP contribution in [0.3, 0.4) is 0 Å². The summed E-state index contributed by atoms with van der Waals surface area (Å²) in [6.45, 7) is 4.15. The molecule has 3 aromatic heterocycles. The van der Waals surface area contributed by atoms with Crippen LogP contribution in [0.5, 0.6) is 0 Å². The molecule has 0 radical (unpaired) electrons. The lowest BCUT2D eigenvalue weighted by molar-refractivity contribution is -0.385. The first-order valence-corrected chi connectivity index (χ1v) is 7.80. The lowest BCUT2D eigenvalue weighted by Crippen LogP contribution is -2.21. The first-order chi connectivity index (χ1) is 12.0. The minimum absolute atomic E-state index is 0.0139. The summed E-state index contributed by atoms with van der Waals surface area (Å²) in [5, 5.41) is 18.1. The molecule has 0 bridgehead atoms. The SMILES string of the molecule is Cc1noc(C)c1CCCNc1nc2ccccn2c(=O)c1[N+](=O)[O-]. The van der Waals surface area contributed by atoms with Gasteiger partial charge in [-0.15, -0.1) is 0 Å². The highest BCUT2D eigenvalue weighted by Crippen LogP contribution is 2.19. The van der Waals surface area contributed by atoms with E-state index in [0.29, 0.717) is 25.0 Å². The number of aromatic nitrogens is 3. The zero-order chi connectivity index (χ0) is 18.0. The summed E-state index contributed by atoms with van der Waals surface area (Å²) in [6, 6.07) is 4.96. The Labute approximate surface area is 142 Å². The molecule has 25 heavy (non-hydrogen) atoms. The van der Waals surface area contributed by atoms with Gasteiger partial charge in [0.15, 0.2) is 0 Å². The highest BCUT2D eigenvalue weighted by Gasteiger charge is 2.23. The van der Waals surface area contributed by atoms with E-state index in [0.717, 1.165) is 21.4 Å². The third-order valence-electron chi connectivity index (χ3n) is 3.97. The van der Waals surface area contributed by atoms with Gasteiger partial charge in [0.2, 0.25) is 5.82 Å². The van der Waals surface area contributed by atoms with E-state index in [-0.39, 0.29) is 5.82 Å². The molecular weight excluding hydrogens is 326 g/mol. The standard InChI is InChI=1S/C16H17N5O4/c1-10-12(11(2)25-19-10)6-5-8-17-15-14(21(23)24)16(22)20-9-4-3-7-13(20)18-15/h3-4,7,9,17H,5-6,8H2,1-2H3. The maximum absolute atomic E-state index is 12.3. The Balaban J connectivity index is 1.80. The van der Waals surface area contributed by atoms with E-state index >= 15 is 0 Å². The highest BCUT2D eigenvalue weighted by atomic mass is 16.6. The maximum atomic E-state index is 12.3. The minimum Gasteiger partial charge on any atom is -0.364 e. The average Bonchev–Trinajstić information content (AvgIpc) is 2.90. The molecule has 0 fully saturated rings. The Bertz CT molecular complexity index is 972. The van der Waals surface area contributed by atoms with Crippen LogP contribution in [-0.2, 0) is 6.42 Å². The molecule has 0 aliphatic heterocycles. The number of rotatable bonds is 6. The summed E-state index contributed by atoms with van der Waals surface area (Å²) in [7, 11) is 0. The first-order valence-electron chi connectivity index (χ1n) is 7.80. The Morgan fingerprint density at radius 2 is 2.16 bits per heavy atom. The van der Waals surface area contributed by atoms with Gasteiger partial charge in [0.05, 0.1) is 10.6 Å². The normalized spacial score (nSPS) is 11.0. The van der Waals surface area contributed by atoms with Crippen LogP contribution in [-0.4, -0.2) is 26.0 Å². The van der Waals surface area contributed by atoms with E-state index < -0.39 is 16.2 Å². The number of nitrogens with zero attached hydrogens (tertiary/aromatic N) is 4. The second kappa shape index (κ2) is 6.71. The number of fused-ring (bicyclic) bond motifs is 1. The van der Waals surface area contributed by atoms with E-state index in [4.69, 9.17) is 4.52 Å². The van der Waals surface area contributed by atoms with E-state index in [1.807, 2.05) is 13.8 Å². The molecule has 0 saturated carbocycles. The third kappa shape index (κ3) is 3.21. The van der Waals surface area contributed by atoms with Crippen LogP contribution in [0, 0.1) is 24.0 Å². The topological polar surface area (TPSA) is 116 Å². The van der Waals surface area contributed by atoms with Crippen molar-refractivity contribution in [1.82, 2.24) is 14.5 Å². The molecule has 0 spiro atoms. The van der Waals surface area contributed by atoms with Crippen LogP contribution in [0.1, 0.15) is 23.4 Å². The third-order valence-corrected chi connectivity index (χ3v) is 3.97. The number of aryl methyl sites for hydroxylation is 2. The van der Waals surface area contributed by atoms with Crippen molar-refractivity contribution in [3.8, 4) is 0 Å². The van der Waals surface area contributed by atoms with Crippen molar-refractivity contribution in [2.24, 2.45) is 0 Å². The van der Waals surface area contributed by atoms with Crippen molar-refractivity contribution in [3.63, 3.8) is 0 Å². The Morgan fingerprint density at radius 1 is 1.36 bits per heavy atom. The molecule has 0 amide bonds. The molecule has 0 aromatic carbocycles. The molecule has 3 heterocycles. The molecule has 3 rings (SSSR count). The van der Waals surface area contributed by atoms with Crippen LogP contribution < -0.4 is 10.9 Å². The summed E-state index contributed by atoms with van der Waals surface area (Å²) in [5.74, 6) is 0.755. The van der Waals surface area contributed by atoms with Gasteiger partial charge >= 0.3 is 11.2 Å². The summed E-state index contributed by atoms with van der Waals surface area (Å²) in [4.78, 5) is 27.1. The van der Waals surface area contributed by atoms with Crippen LogP contribution in [0.2, 0.25) is 0 Å². The minimum atomic E-state index is -0.705. The van der Waals surface area contributed by atoms with Gasteiger partial charge in [-0.25, -0.2) is 4.98 Å². The van der Waals surface area contributed by atoms with Crippen molar-refractivity contribution in [3.05, 3.63) is 61.9 Å². The van der Waals surface area contributed by atoms with Gasteiger partial charge in [0.1, 0.15) is 11.4 Å². The van der Waals surface area contributed by atoms with E-state index in [1.165, 1.54) is 6.20 Å². The van der Waals surface area contributed by atoms with Crippen LogP contribution in [0.4, 0.5) is 11.5 Å². The Kier molecular flexibility index (Phi) is 4.46. The first kappa shape index (κ1) is 16.6. The molecule has 3 aromatic rings. The Morgan fingerprint density at radius 3 is 2.84 bits per heavy atom. The predicted octanol–water partition coefficient (Wildman–Crippen LogP) is 2.25. The molecular formula is C16H17N5O4. The summed E-state index contributed by atoms with van der Waals surface area (Å²) < 4.78 is 6.27. The van der Waals surface area contributed by atoms with Gasteiger partial charge in [0, 0.05) is 18.3 Å². The number of nitro groups is 1. The van der Waals surface area contributed by atoms with Gasteiger partial charge in [-0.2, -0.15) is 0 Å². The molecule has 9 nitrogen and oxygen atoms in total. The monoisotopic (exact) mass is 343 g/mol. The largest absolute Gasteiger partial charge is 0.376 e. The fourth-order valence-corrected chi connectivity index (χ4v) is 2.70. The smallest absolute Gasteiger partial charge is 0.364 e. The molecule has 0 atom stereocenters. The van der Waals surface area contributed by atoms with Crippen LogP contribution in [0.25, 0.3) is 5.65 Å². The predicted molar refractivity (Wildman–Crippen MR) is 90.9 cm³/mol. The molecule has 0 unspecified atom stereocenters. The highest BCUT2D eigenvalue weighted by molar-refractivity contribution is 5.59. The molecule has 0 aliphatic rings. The van der Waals surface area contributed by atoms with E-state index in [9.17, 15) is 14.9 Å². The van der Waals surface area contributed by atoms with E-state index in [2.05, 4.69) is 15.5 Å². The molecule has 0 aliphatic carbocycles. The zero-order valence-corrected chi connectivity index (χ0v) is 13.9. The van der Waals surface area contributed by atoms with Gasteiger partial charge in [-0.1, -0.05) is 11.2 Å². The van der Waals surface area contributed by atoms with Gasteiger partial charge in [-0.3, -0.25) is 19.3 Å². The lowest BCUT2D eigenvalue weighted by atomic mass is 10.1. The second-order valence-corrected chi connectivity index (χ2v) is 5.63. The zero-order valence-electron chi connectivity index (χ0n) is 13.9. The van der Waals surface area contributed by atoms with E-state index in [1.54, 1.807) is 18.2 Å². The van der Waals surface area contributed by atoms with Gasteiger partial charge in [-0.05, 0) is 38.8 Å². The van der Waals surface area contributed by atoms with Crippen molar-refractivity contribution in [2.75, 3.05) is 11.9 Å². The van der Waals surface area contributed by atoms with Crippen LogP contribution >= 0.6 is 0 Å². The summed E-state index contributed by atoms with van der Waals surface area (Å²) >= 11 is 0. The fraction of sp³-hybridized carbons (Fsp3) is 0.312. The lowest BCUT2D eigenvalue weighted by Gasteiger charge is -2.08. The van der Waals surface area contributed by atoms with Crippen LogP contribution in [0.15, 0.2) is 33.7 Å². The number of nitrogens with one attached hydrogen (secondary N) is 1. The maximum Gasteiger partial charge on any atom is 0.376 e. The second-order valence-electron chi connectivity index (χ2n) is 5.63. The summed E-state index contributed by atoms with van der Waals surface area (Å²) in [5.41, 5.74) is 0.963. The molecule has 9 heteroatoms. The number of pyridine rings is 1. The molecule has 130 valence electrons. The summed E-state index contributed by atoms with van der Waals surface area (Å²) in [6.07, 6.45) is 2.86. The molecule has 0 saturated heterocycles. The van der Waals surface area contributed by atoms with Crippen molar-refractivity contribution in [1.29, 1.82) is 0 Å². The fourth-order valence-electron chi connectivity index (χ4n) is 2.70. The Hall–Kier alpha value is -3.23. The molecule has 1 N–H and O–H groups in total. The number of hydrogen-bond donors (Lipinski definition) is 1. The van der Waals surface area contributed by atoms with Crippen molar-refractivity contribution < 1.29 is 9.45 Å². The van der Waals surface area contributed by atoms with Gasteiger partial charge in [0.25, 0.3) is 0 Å². The average molecular weight is 343 g/mol. The van der Waals surface area contributed by atoms with Crippen molar-refractivity contribution >= 4 is 17.2 Å². The van der Waals surface area contributed by atoms with Crippen molar-refractivity contribution in [2.45, 2.75) is 26.7 Å². The van der Waals surface area contributed by atoms with Gasteiger partial charge < -0.3 is 9.84 Å². The number of anilines is 1.